The summed E-state index contributed by atoms with van der Waals surface area (Å²) in [5.41, 5.74) is 2.05. The summed E-state index contributed by atoms with van der Waals surface area (Å²) in [4.78, 5) is 13.6. The Labute approximate surface area is 193 Å². The Morgan fingerprint density at radius 3 is 2.16 bits per heavy atom. The molecule has 0 aliphatic heterocycles. The van der Waals surface area contributed by atoms with Gasteiger partial charge in [-0.05, 0) is 78.9 Å². The summed E-state index contributed by atoms with van der Waals surface area (Å²) in [5.74, 6) is 0.588. The molecule has 6 nitrogen and oxygen atoms in total. The molecule has 0 spiro atoms. The monoisotopic (exact) mass is 470 g/mol. The quantitative estimate of drug-likeness (QED) is 0.474. The van der Waals surface area contributed by atoms with Crippen molar-refractivity contribution in [3.8, 4) is 5.75 Å². The second kappa shape index (κ2) is 10.6. The first-order valence-electron chi connectivity index (χ1n) is 9.99. The molecule has 8 heteroatoms. The molecule has 3 rings (SSSR count). The van der Waals surface area contributed by atoms with Gasteiger partial charge in [0.05, 0.1) is 17.7 Å². The molecule has 0 aromatic heterocycles. The van der Waals surface area contributed by atoms with E-state index in [9.17, 15) is 13.2 Å². The van der Waals surface area contributed by atoms with Crippen LogP contribution in [-0.2, 0) is 16.4 Å². The summed E-state index contributed by atoms with van der Waals surface area (Å²) < 4.78 is 32.2. The number of carbonyl (C=O) groups is 1. The molecule has 1 N–H and O–H groups in total. The second-order valence-corrected chi connectivity index (χ2v) is 9.90. The molecule has 0 bridgehead atoms. The van der Waals surface area contributed by atoms with Crippen molar-refractivity contribution < 1.29 is 17.9 Å². The predicted octanol–water partition coefficient (Wildman–Crippen LogP) is 4.21. The largest absolute Gasteiger partial charge is 0.497 e. The Kier molecular flexibility index (Phi) is 7.82. The standard InChI is InChI=1S/C24H26N2O4S2/c1-26(32(28,29)23-14-12-22(31-3)13-15-23)20-8-6-19(7-9-20)24(27)25-17-16-18-4-10-21(30-2)11-5-18/h4-15H,16-17H2,1-3H3,(H,25,27). The Bertz CT molecular complexity index is 1140. The zero-order chi connectivity index (χ0) is 23.1. The molecule has 0 saturated carbocycles. The number of sulfonamides is 1. The van der Waals surface area contributed by atoms with Crippen LogP contribution in [0.15, 0.2) is 82.6 Å². The van der Waals surface area contributed by atoms with Crippen LogP contribution in [0.2, 0.25) is 0 Å². The second-order valence-electron chi connectivity index (χ2n) is 7.05. The van der Waals surface area contributed by atoms with E-state index in [4.69, 9.17) is 4.74 Å². The average molecular weight is 471 g/mol. The summed E-state index contributed by atoms with van der Waals surface area (Å²) in [5, 5.41) is 2.89. The summed E-state index contributed by atoms with van der Waals surface area (Å²) in [6.45, 7) is 0.493. The molecule has 0 saturated heterocycles. The summed E-state index contributed by atoms with van der Waals surface area (Å²) in [6.07, 6.45) is 2.64. The van der Waals surface area contributed by atoms with Crippen LogP contribution in [0.4, 0.5) is 5.69 Å². The number of thioether (sulfide) groups is 1. The Morgan fingerprint density at radius 1 is 0.969 bits per heavy atom. The molecule has 3 aromatic carbocycles. The van der Waals surface area contributed by atoms with Crippen LogP contribution >= 0.6 is 11.8 Å². The van der Waals surface area contributed by atoms with Crippen molar-refractivity contribution in [2.24, 2.45) is 0 Å². The van der Waals surface area contributed by atoms with Crippen LogP contribution in [0.25, 0.3) is 0 Å². The number of hydrogen-bond acceptors (Lipinski definition) is 5. The number of rotatable bonds is 9. The van der Waals surface area contributed by atoms with Crippen molar-refractivity contribution in [3.05, 3.63) is 83.9 Å². The first kappa shape index (κ1) is 23.7. The van der Waals surface area contributed by atoms with Crippen LogP contribution < -0.4 is 14.4 Å². The van der Waals surface area contributed by atoms with Crippen molar-refractivity contribution in [3.63, 3.8) is 0 Å². The molecule has 0 aliphatic rings. The highest BCUT2D eigenvalue weighted by Crippen LogP contribution is 2.24. The van der Waals surface area contributed by atoms with E-state index in [1.165, 1.54) is 11.4 Å². The molecule has 0 heterocycles. The molecular weight excluding hydrogens is 444 g/mol. The number of nitrogens with zero attached hydrogens (tertiary/aromatic N) is 1. The number of hydrogen-bond donors (Lipinski definition) is 1. The van der Waals surface area contributed by atoms with Gasteiger partial charge in [0.25, 0.3) is 15.9 Å². The lowest BCUT2D eigenvalue weighted by molar-refractivity contribution is 0.0954. The van der Waals surface area contributed by atoms with Crippen molar-refractivity contribution in [1.82, 2.24) is 5.32 Å². The Balaban J connectivity index is 1.60. The highest BCUT2D eigenvalue weighted by molar-refractivity contribution is 7.98. The summed E-state index contributed by atoms with van der Waals surface area (Å²) >= 11 is 1.55. The highest BCUT2D eigenvalue weighted by atomic mass is 32.2. The topological polar surface area (TPSA) is 75.7 Å². The Morgan fingerprint density at radius 2 is 1.59 bits per heavy atom. The van der Waals surface area contributed by atoms with Crippen molar-refractivity contribution in [2.75, 3.05) is 31.3 Å². The first-order chi connectivity index (χ1) is 15.3. The van der Waals surface area contributed by atoms with Gasteiger partial charge in [0.15, 0.2) is 0 Å². The lowest BCUT2D eigenvalue weighted by atomic mass is 10.1. The number of anilines is 1. The van der Waals surface area contributed by atoms with Crippen molar-refractivity contribution in [2.45, 2.75) is 16.2 Å². The minimum atomic E-state index is -3.69. The number of amides is 1. The van der Waals surface area contributed by atoms with Gasteiger partial charge >= 0.3 is 0 Å². The number of carbonyl (C=O) groups excluding carboxylic acids is 1. The van der Waals surface area contributed by atoms with E-state index in [0.717, 1.165) is 16.2 Å². The minimum Gasteiger partial charge on any atom is -0.497 e. The third kappa shape index (κ3) is 5.63. The molecular formula is C24H26N2O4S2. The van der Waals surface area contributed by atoms with Gasteiger partial charge in [-0.1, -0.05) is 12.1 Å². The maximum Gasteiger partial charge on any atom is 0.264 e. The van der Waals surface area contributed by atoms with E-state index in [0.29, 0.717) is 24.2 Å². The number of benzene rings is 3. The maximum absolute atomic E-state index is 12.9. The third-order valence-electron chi connectivity index (χ3n) is 5.07. The summed E-state index contributed by atoms with van der Waals surface area (Å²) in [7, 11) is -0.562. The lowest BCUT2D eigenvalue weighted by Crippen LogP contribution is -2.27. The van der Waals surface area contributed by atoms with E-state index in [-0.39, 0.29) is 10.8 Å². The van der Waals surface area contributed by atoms with Gasteiger partial charge in [-0.2, -0.15) is 0 Å². The van der Waals surface area contributed by atoms with Crippen molar-refractivity contribution in [1.29, 1.82) is 0 Å². The van der Waals surface area contributed by atoms with E-state index in [1.54, 1.807) is 67.4 Å². The van der Waals surface area contributed by atoms with Gasteiger partial charge in [0, 0.05) is 24.1 Å². The fourth-order valence-corrected chi connectivity index (χ4v) is 4.69. The molecule has 32 heavy (non-hydrogen) atoms. The molecule has 3 aromatic rings. The van der Waals surface area contributed by atoms with Gasteiger partial charge in [-0.15, -0.1) is 11.8 Å². The number of methoxy groups -OCH3 is 1. The number of ether oxygens (including phenoxy) is 1. The van der Waals surface area contributed by atoms with Crippen LogP contribution in [0.5, 0.6) is 5.75 Å². The molecule has 1 amide bonds. The number of nitrogens with one attached hydrogen (secondary N) is 1. The fraction of sp³-hybridized carbons (Fsp3) is 0.208. The van der Waals surface area contributed by atoms with Crippen LogP contribution in [0.1, 0.15) is 15.9 Å². The highest BCUT2D eigenvalue weighted by Gasteiger charge is 2.21. The van der Waals surface area contributed by atoms with Gasteiger partial charge in [0.2, 0.25) is 0 Å². The van der Waals surface area contributed by atoms with Crippen LogP contribution in [0, 0.1) is 0 Å². The molecule has 0 fully saturated rings. The zero-order valence-electron chi connectivity index (χ0n) is 18.2. The SMILES string of the molecule is COc1ccc(CCNC(=O)c2ccc(N(C)S(=O)(=O)c3ccc(SC)cc3)cc2)cc1. The molecule has 168 valence electrons. The zero-order valence-corrected chi connectivity index (χ0v) is 19.9. The Hall–Kier alpha value is -2.97. The normalized spacial score (nSPS) is 11.1. The molecule has 0 aliphatic carbocycles. The minimum absolute atomic E-state index is 0.205. The molecule has 0 unspecified atom stereocenters. The fourth-order valence-electron chi connectivity index (χ4n) is 3.08. The van der Waals surface area contributed by atoms with E-state index < -0.39 is 10.0 Å². The summed E-state index contributed by atoms with van der Waals surface area (Å²) in [6, 6.07) is 21.0. The van der Waals surface area contributed by atoms with Gasteiger partial charge in [0.1, 0.15) is 5.75 Å². The van der Waals surface area contributed by atoms with E-state index in [2.05, 4.69) is 5.32 Å². The van der Waals surface area contributed by atoms with Crippen LogP contribution in [-0.4, -0.2) is 41.3 Å². The lowest BCUT2D eigenvalue weighted by Gasteiger charge is -2.20. The van der Waals surface area contributed by atoms with Crippen molar-refractivity contribution >= 4 is 33.4 Å². The third-order valence-corrected chi connectivity index (χ3v) is 7.61. The molecule has 0 radical (unpaired) electrons. The first-order valence-corrected chi connectivity index (χ1v) is 12.7. The molecule has 0 atom stereocenters. The van der Waals surface area contributed by atoms with Gasteiger partial charge in [-0.25, -0.2) is 8.42 Å². The van der Waals surface area contributed by atoms with Crippen LogP contribution in [0.3, 0.4) is 0 Å². The van der Waals surface area contributed by atoms with E-state index in [1.807, 2.05) is 30.5 Å². The maximum atomic E-state index is 12.9. The van der Waals surface area contributed by atoms with Gasteiger partial charge < -0.3 is 10.1 Å². The van der Waals surface area contributed by atoms with E-state index >= 15 is 0 Å². The average Bonchev–Trinajstić information content (AvgIpc) is 2.84. The predicted molar refractivity (Wildman–Crippen MR) is 129 cm³/mol. The van der Waals surface area contributed by atoms with Gasteiger partial charge in [-0.3, -0.25) is 9.10 Å². The smallest absolute Gasteiger partial charge is 0.264 e.